The van der Waals surface area contributed by atoms with Crippen molar-refractivity contribution in [3.05, 3.63) is 28.2 Å². The first kappa shape index (κ1) is 16.3. The minimum atomic E-state index is 0.144. The summed E-state index contributed by atoms with van der Waals surface area (Å²) in [5.41, 5.74) is 2.45. The molecule has 1 aromatic rings. The fraction of sp³-hybridized carbons (Fsp3) is 0.562. The van der Waals surface area contributed by atoms with Gasteiger partial charge in [0, 0.05) is 42.3 Å². The van der Waals surface area contributed by atoms with Gasteiger partial charge in [-0.05, 0) is 37.6 Å². The number of carbonyl (C=O) groups excluding carboxylic acids is 1. The second-order valence-corrected chi connectivity index (χ2v) is 6.32. The van der Waals surface area contributed by atoms with Gasteiger partial charge in [-0.2, -0.15) is 0 Å². The number of rotatable bonds is 5. The van der Waals surface area contributed by atoms with Crippen molar-refractivity contribution in [3.63, 3.8) is 0 Å². The summed E-state index contributed by atoms with van der Waals surface area (Å²) in [5, 5.41) is 6.42. The molecule has 0 spiro atoms. The van der Waals surface area contributed by atoms with E-state index >= 15 is 0 Å². The number of halogens is 1. The number of nitrogens with one attached hydrogen (secondary N) is 2. The molecule has 0 aliphatic carbocycles. The van der Waals surface area contributed by atoms with E-state index in [1.165, 1.54) is 11.3 Å². The second kappa shape index (κ2) is 7.80. The van der Waals surface area contributed by atoms with E-state index in [9.17, 15) is 4.79 Å². The van der Waals surface area contributed by atoms with E-state index in [1.54, 1.807) is 0 Å². The zero-order chi connectivity index (χ0) is 15.2. The van der Waals surface area contributed by atoms with Gasteiger partial charge in [0.25, 0.3) is 0 Å². The van der Waals surface area contributed by atoms with Crippen molar-refractivity contribution in [3.8, 4) is 0 Å². The van der Waals surface area contributed by atoms with Crippen molar-refractivity contribution >= 4 is 27.5 Å². The summed E-state index contributed by atoms with van der Waals surface area (Å²) in [4.78, 5) is 13.7. The molecule has 21 heavy (non-hydrogen) atoms. The average Bonchev–Trinajstić information content (AvgIpc) is 2.69. The van der Waals surface area contributed by atoms with E-state index in [0.717, 1.165) is 30.5 Å². The van der Waals surface area contributed by atoms with Gasteiger partial charge in [-0.1, -0.05) is 28.9 Å². The Kier molecular flexibility index (Phi) is 6.06. The Morgan fingerprint density at radius 3 is 2.95 bits per heavy atom. The van der Waals surface area contributed by atoms with Gasteiger partial charge in [0.2, 0.25) is 5.91 Å². The Morgan fingerprint density at radius 1 is 1.43 bits per heavy atom. The predicted molar refractivity (Wildman–Crippen MR) is 90.7 cm³/mol. The fourth-order valence-corrected chi connectivity index (χ4v) is 3.27. The Morgan fingerprint density at radius 2 is 2.24 bits per heavy atom. The molecule has 0 bridgehead atoms. The van der Waals surface area contributed by atoms with Gasteiger partial charge in [-0.15, -0.1) is 0 Å². The first-order valence-corrected chi connectivity index (χ1v) is 8.45. The number of benzene rings is 1. The summed E-state index contributed by atoms with van der Waals surface area (Å²) in [5.74, 6) is 0.144. The topological polar surface area (TPSA) is 44.4 Å². The highest BCUT2D eigenvalue weighted by Crippen LogP contribution is 2.28. The largest absolute Gasteiger partial charge is 0.369 e. The van der Waals surface area contributed by atoms with E-state index in [0.29, 0.717) is 19.0 Å². The fourth-order valence-electron chi connectivity index (χ4n) is 2.56. The maximum Gasteiger partial charge on any atom is 0.221 e. The molecule has 5 heteroatoms. The molecule has 0 aromatic heterocycles. The SMILES string of the molecule is CCCNC(C)c1ccc(N2CCNC(=O)CC2)cc1Br. The predicted octanol–water partition coefficient (Wildman–Crippen LogP) is 2.84. The van der Waals surface area contributed by atoms with Crippen LogP contribution in [0.5, 0.6) is 0 Å². The Hall–Kier alpha value is -1.07. The Labute approximate surface area is 135 Å². The maximum absolute atomic E-state index is 11.4. The Bertz CT molecular complexity index is 492. The highest BCUT2D eigenvalue weighted by molar-refractivity contribution is 9.10. The summed E-state index contributed by atoms with van der Waals surface area (Å²) in [6.45, 7) is 7.74. The van der Waals surface area contributed by atoms with Gasteiger partial charge in [0.1, 0.15) is 0 Å². The van der Waals surface area contributed by atoms with Crippen molar-refractivity contribution < 1.29 is 4.79 Å². The van der Waals surface area contributed by atoms with Crippen LogP contribution in [0.1, 0.15) is 38.3 Å². The van der Waals surface area contributed by atoms with Crippen LogP contribution in [0, 0.1) is 0 Å². The zero-order valence-corrected chi connectivity index (χ0v) is 14.4. The first-order valence-electron chi connectivity index (χ1n) is 7.66. The summed E-state index contributed by atoms with van der Waals surface area (Å²) in [6.07, 6.45) is 1.70. The minimum absolute atomic E-state index is 0.144. The van der Waals surface area contributed by atoms with Crippen molar-refractivity contribution in [2.45, 2.75) is 32.7 Å². The third-order valence-electron chi connectivity index (χ3n) is 3.83. The molecule has 2 N–H and O–H groups in total. The van der Waals surface area contributed by atoms with Gasteiger partial charge in [-0.25, -0.2) is 0 Å². The van der Waals surface area contributed by atoms with E-state index < -0.39 is 0 Å². The number of carbonyl (C=O) groups is 1. The van der Waals surface area contributed by atoms with Gasteiger partial charge >= 0.3 is 0 Å². The van der Waals surface area contributed by atoms with E-state index in [4.69, 9.17) is 0 Å². The normalized spacial score (nSPS) is 17.3. The first-order chi connectivity index (χ1) is 10.1. The quantitative estimate of drug-likeness (QED) is 0.855. The maximum atomic E-state index is 11.4. The number of anilines is 1. The lowest BCUT2D eigenvalue weighted by Gasteiger charge is -2.24. The van der Waals surface area contributed by atoms with Gasteiger partial charge in [0.05, 0.1) is 0 Å². The summed E-state index contributed by atoms with van der Waals surface area (Å²) in [7, 11) is 0. The highest BCUT2D eigenvalue weighted by atomic mass is 79.9. The van der Waals surface area contributed by atoms with Crippen molar-refractivity contribution in [2.75, 3.05) is 31.1 Å². The third-order valence-corrected chi connectivity index (χ3v) is 4.52. The number of hydrogen-bond donors (Lipinski definition) is 2. The molecule has 4 nitrogen and oxygen atoms in total. The van der Waals surface area contributed by atoms with Crippen LogP contribution in [0.2, 0.25) is 0 Å². The van der Waals surface area contributed by atoms with E-state index in [1.807, 2.05) is 0 Å². The molecule has 1 atom stereocenters. The van der Waals surface area contributed by atoms with Crippen molar-refractivity contribution in [1.29, 1.82) is 0 Å². The molecule has 1 fully saturated rings. The van der Waals surface area contributed by atoms with Crippen LogP contribution in [-0.4, -0.2) is 32.1 Å². The average molecular weight is 354 g/mol. The van der Waals surface area contributed by atoms with Gasteiger partial charge in [-0.3, -0.25) is 4.79 Å². The van der Waals surface area contributed by atoms with Gasteiger partial charge in [0.15, 0.2) is 0 Å². The molecule has 1 aromatic carbocycles. The number of amides is 1. The standard InChI is InChI=1S/C16H24BrN3O/c1-3-7-18-12(2)14-5-4-13(11-15(14)17)20-9-6-16(21)19-8-10-20/h4-5,11-12,18H,3,6-10H2,1-2H3,(H,19,21). The highest BCUT2D eigenvalue weighted by Gasteiger charge is 2.16. The molecule has 0 radical (unpaired) electrons. The molecule has 2 rings (SSSR count). The Balaban J connectivity index is 2.09. The van der Waals surface area contributed by atoms with Crippen LogP contribution >= 0.6 is 15.9 Å². The van der Waals surface area contributed by atoms with Crippen LogP contribution in [0.4, 0.5) is 5.69 Å². The monoisotopic (exact) mass is 353 g/mol. The molecule has 1 aliphatic rings. The molecule has 1 saturated heterocycles. The third kappa shape index (κ3) is 4.45. The number of nitrogens with zero attached hydrogens (tertiary/aromatic N) is 1. The number of hydrogen-bond acceptors (Lipinski definition) is 3. The van der Waals surface area contributed by atoms with Crippen LogP contribution in [0.3, 0.4) is 0 Å². The zero-order valence-electron chi connectivity index (χ0n) is 12.8. The smallest absolute Gasteiger partial charge is 0.221 e. The molecule has 0 saturated carbocycles. The molecular weight excluding hydrogens is 330 g/mol. The van der Waals surface area contributed by atoms with Crippen molar-refractivity contribution in [1.82, 2.24) is 10.6 Å². The van der Waals surface area contributed by atoms with E-state index in [-0.39, 0.29) is 5.91 Å². The van der Waals surface area contributed by atoms with E-state index in [2.05, 4.69) is 63.5 Å². The summed E-state index contributed by atoms with van der Waals surface area (Å²) >= 11 is 3.69. The lowest BCUT2D eigenvalue weighted by molar-refractivity contribution is -0.120. The van der Waals surface area contributed by atoms with Crippen molar-refractivity contribution in [2.24, 2.45) is 0 Å². The molecule has 1 amide bonds. The lowest BCUT2D eigenvalue weighted by atomic mass is 10.1. The van der Waals surface area contributed by atoms with Crippen LogP contribution in [0.25, 0.3) is 0 Å². The summed E-state index contributed by atoms with van der Waals surface area (Å²) in [6, 6.07) is 6.82. The molecule has 1 heterocycles. The lowest BCUT2D eigenvalue weighted by Crippen LogP contribution is -2.28. The molecular formula is C16H24BrN3O. The van der Waals surface area contributed by atoms with Crippen LogP contribution in [-0.2, 0) is 4.79 Å². The summed E-state index contributed by atoms with van der Waals surface area (Å²) < 4.78 is 1.12. The molecule has 116 valence electrons. The van der Waals surface area contributed by atoms with Crippen LogP contribution in [0.15, 0.2) is 22.7 Å². The second-order valence-electron chi connectivity index (χ2n) is 5.47. The van der Waals surface area contributed by atoms with Gasteiger partial charge < -0.3 is 15.5 Å². The molecule has 1 unspecified atom stereocenters. The molecule has 1 aliphatic heterocycles. The minimum Gasteiger partial charge on any atom is -0.369 e. The van der Waals surface area contributed by atoms with Crippen LogP contribution < -0.4 is 15.5 Å².